The molecule has 3 heterocycles. The molecule has 17 nitrogen and oxygen atoms in total. The molecule has 2 aliphatic heterocycles. The summed E-state index contributed by atoms with van der Waals surface area (Å²) < 4.78 is 39.1. The monoisotopic (exact) mass is 678 g/mol. The Labute approximate surface area is 271 Å². The van der Waals surface area contributed by atoms with Crippen LogP contribution >= 0.6 is 0 Å². The van der Waals surface area contributed by atoms with Crippen molar-refractivity contribution in [3.8, 4) is 40.1 Å². The SMILES string of the molecule is CC(=O)O[C@@H]1[C@@H](Oc2c(-c3ccc(O)c(O)c3)oc3cc(O[C@H]4O[C@H](C)[C@@H](O)[C@H](O)[C@@H]4O)cc(O)c3c2=O)O[C@H](C)[C@@H](OC(C)=O)[C@@H]1O. The van der Waals surface area contributed by atoms with Crippen molar-refractivity contribution in [1.82, 2.24) is 0 Å². The maximum Gasteiger partial charge on any atom is 0.303 e. The maximum absolute atomic E-state index is 14.0. The molecule has 0 unspecified atom stereocenters. The van der Waals surface area contributed by atoms with Gasteiger partial charge in [-0.05, 0) is 32.0 Å². The fourth-order valence-electron chi connectivity index (χ4n) is 5.41. The lowest BCUT2D eigenvalue weighted by molar-refractivity contribution is -0.277. The molecule has 2 aliphatic rings. The number of phenolic OH excluding ortho intramolecular Hbond substituents is 3. The Morgan fingerprint density at radius 1 is 0.708 bits per heavy atom. The van der Waals surface area contributed by atoms with Gasteiger partial charge in [0.05, 0.1) is 12.2 Å². The number of aromatic hydroxyl groups is 3. The quantitative estimate of drug-likeness (QED) is 0.129. The molecule has 0 spiro atoms. The lowest BCUT2D eigenvalue weighted by atomic mass is 9.99. The summed E-state index contributed by atoms with van der Waals surface area (Å²) in [6.07, 6.45) is -14.6. The third kappa shape index (κ3) is 6.69. The van der Waals surface area contributed by atoms with E-state index < -0.39 is 113 Å². The first kappa shape index (κ1) is 34.7. The van der Waals surface area contributed by atoms with E-state index in [2.05, 4.69) is 0 Å². The highest BCUT2D eigenvalue weighted by atomic mass is 16.7. The molecule has 0 amide bonds. The van der Waals surface area contributed by atoms with Crippen LogP contribution in [0.2, 0.25) is 0 Å². The van der Waals surface area contributed by atoms with Crippen LogP contribution in [-0.4, -0.2) is 109 Å². The van der Waals surface area contributed by atoms with Crippen molar-refractivity contribution < 1.29 is 78.2 Å². The summed E-state index contributed by atoms with van der Waals surface area (Å²) in [5, 5.41) is 72.2. The van der Waals surface area contributed by atoms with Crippen LogP contribution in [0.4, 0.5) is 0 Å². The molecule has 10 atom stereocenters. The summed E-state index contributed by atoms with van der Waals surface area (Å²) in [5.74, 6) is -4.71. The highest BCUT2D eigenvalue weighted by molar-refractivity contribution is 5.88. The number of aliphatic hydroxyl groups excluding tert-OH is 4. The highest BCUT2D eigenvalue weighted by Crippen LogP contribution is 2.40. The number of carbonyl (C=O) groups is 2. The second-order valence-corrected chi connectivity index (χ2v) is 11.4. The third-order valence-corrected chi connectivity index (χ3v) is 7.80. The van der Waals surface area contributed by atoms with Gasteiger partial charge in [-0.2, -0.15) is 0 Å². The summed E-state index contributed by atoms with van der Waals surface area (Å²) in [6, 6.07) is 5.52. The van der Waals surface area contributed by atoms with Crippen molar-refractivity contribution in [3.05, 3.63) is 40.6 Å². The zero-order valence-corrected chi connectivity index (χ0v) is 25.9. The second kappa shape index (κ2) is 13.5. The van der Waals surface area contributed by atoms with E-state index in [0.29, 0.717) is 0 Å². The second-order valence-electron chi connectivity index (χ2n) is 11.4. The molecular formula is C31H34O17. The molecule has 7 N–H and O–H groups in total. The van der Waals surface area contributed by atoms with Gasteiger partial charge in [-0.15, -0.1) is 0 Å². The minimum atomic E-state index is -1.71. The zero-order valence-electron chi connectivity index (χ0n) is 25.9. The van der Waals surface area contributed by atoms with Gasteiger partial charge in [0, 0.05) is 31.5 Å². The Bertz CT molecular complexity index is 1750. The normalized spacial score (nSPS) is 30.4. The molecule has 0 radical (unpaired) electrons. The largest absolute Gasteiger partial charge is 0.507 e. The van der Waals surface area contributed by atoms with Crippen molar-refractivity contribution in [1.29, 1.82) is 0 Å². The number of fused-ring (bicyclic) bond motifs is 1. The average molecular weight is 679 g/mol. The van der Waals surface area contributed by atoms with Gasteiger partial charge in [0.1, 0.15) is 46.9 Å². The predicted octanol–water partition coefficient (Wildman–Crippen LogP) is 0.131. The molecule has 3 aromatic rings. The molecule has 2 saturated heterocycles. The van der Waals surface area contributed by atoms with Gasteiger partial charge in [-0.3, -0.25) is 14.4 Å². The molecular weight excluding hydrogens is 644 g/mol. The lowest BCUT2D eigenvalue weighted by Gasteiger charge is -2.41. The fraction of sp³-hybridized carbons (Fsp3) is 0.452. The zero-order chi connectivity index (χ0) is 35.2. The maximum atomic E-state index is 14.0. The molecule has 5 rings (SSSR count). The molecule has 2 fully saturated rings. The van der Waals surface area contributed by atoms with Gasteiger partial charge in [-0.25, -0.2) is 0 Å². The molecule has 0 aliphatic carbocycles. The molecule has 0 saturated carbocycles. The van der Waals surface area contributed by atoms with Crippen LogP contribution in [0.25, 0.3) is 22.3 Å². The number of esters is 2. The Hall–Kier alpha value is -4.65. The van der Waals surface area contributed by atoms with E-state index in [0.717, 1.165) is 38.1 Å². The number of hydrogen-bond donors (Lipinski definition) is 7. The fourth-order valence-corrected chi connectivity index (χ4v) is 5.41. The number of rotatable bonds is 7. The minimum absolute atomic E-state index is 0.0340. The Kier molecular flexibility index (Phi) is 9.72. The highest BCUT2D eigenvalue weighted by Gasteiger charge is 2.49. The smallest absolute Gasteiger partial charge is 0.303 e. The molecule has 48 heavy (non-hydrogen) atoms. The van der Waals surface area contributed by atoms with Crippen molar-refractivity contribution in [2.45, 2.75) is 89.1 Å². The van der Waals surface area contributed by atoms with Gasteiger partial charge < -0.3 is 68.6 Å². The van der Waals surface area contributed by atoms with Gasteiger partial charge in [0.15, 0.2) is 29.5 Å². The standard InChI is InChI=1S/C31H34O17/c1-10-21(37)23(39)24(40)30(42-10)46-15-8-18(36)20-19(9-15)47-27(14-5-6-16(34)17(35)7-14)28(22(20)38)48-31-29(45-13(4)33)25(41)26(11(2)43-31)44-12(3)32/h5-11,21,23-26,29-31,34-37,39-41H,1-4H3/t10-,11-,21-,23+,24+,25+,26-,29+,30-,31-/m1/s1. The van der Waals surface area contributed by atoms with E-state index in [1.165, 1.54) is 19.9 Å². The summed E-state index contributed by atoms with van der Waals surface area (Å²) in [6.45, 7) is 5.01. The van der Waals surface area contributed by atoms with Crippen LogP contribution in [-0.2, 0) is 28.5 Å². The van der Waals surface area contributed by atoms with E-state index >= 15 is 0 Å². The third-order valence-electron chi connectivity index (χ3n) is 7.80. The molecule has 1 aromatic heterocycles. The van der Waals surface area contributed by atoms with Crippen molar-refractivity contribution in [3.63, 3.8) is 0 Å². The summed E-state index contributed by atoms with van der Waals surface area (Å²) in [4.78, 5) is 37.7. The van der Waals surface area contributed by atoms with Gasteiger partial charge in [-0.1, -0.05) is 0 Å². The molecule has 260 valence electrons. The Morgan fingerprint density at radius 3 is 2.00 bits per heavy atom. The first-order valence-corrected chi connectivity index (χ1v) is 14.6. The van der Waals surface area contributed by atoms with Crippen LogP contribution in [0, 0.1) is 0 Å². The van der Waals surface area contributed by atoms with Crippen molar-refractivity contribution in [2.75, 3.05) is 0 Å². The van der Waals surface area contributed by atoms with Crippen LogP contribution in [0.5, 0.6) is 28.7 Å². The molecule has 2 aromatic carbocycles. The van der Waals surface area contributed by atoms with Crippen LogP contribution in [0.3, 0.4) is 0 Å². The first-order valence-electron chi connectivity index (χ1n) is 14.6. The van der Waals surface area contributed by atoms with E-state index in [-0.39, 0.29) is 16.9 Å². The van der Waals surface area contributed by atoms with Crippen molar-refractivity contribution in [2.24, 2.45) is 0 Å². The average Bonchev–Trinajstić information content (AvgIpc) is 3.01. The first-order chi connectivity index (χ1) is 22.6. The summed E-state index contributed by atoms with van der Waals surface area (Å²) in [7, 11) is 0. The minimum Gasteiger partial charge on any atom is -0.507 e. The predicted molar refractivity (Wildman–Crippen MR) is 158 cm³/mol. The number of aliphatic hydroxyl groups is 4. The summed E-state index contributed by atoms with van der Waals surface area (Å²) in [5.41, 5.74) is -1.36. The van der Waals surface area contributed by atoms with Crippen molar-refractivity contribution >= 4 is 22.9 Å². The van der Waals surface area contributed by atoms with Crippen LogP contribution in [0.1, 0.15) is 27.7 Å². The van der Waals surface area contributed by atoms with Crippen LogP contribution < -0.4 is 14.9 Å². The van der Waals surface area contributed by atoms with Gasteiger partial charge in [0.25, 0.3) is 0 Å². The number of ether oxygens (including phenoxy) is 6. The Balaban J connectivity index is 1.61. The molecule has 17 heteroatoms. The lowest BCUT2D eigenvalue weighted by Crippen LogP contribution is -2.60. The van der Waals surface area contributed by atoms with E-state index in [4.69, 9.17) is 32.8 Å². The topological polar surface area (TPSA) is 261 Å². The number of carbonyl (C=O) groups excluding carboxylic acids is 2. The number of phenols is 3. The molecule has 0 bridgehead atoms. The Morgan fingerprint density at radius 2 is 1.35 bits per heavy atom. The number of hydrogen-bond acceptors (Lipinski definition) is 17. The van der Waals surface area contributed by atoms with Gasteiger partial charge >= 0.3 is 11.9 Å². The van der Waals surface area contributed by atoms with E-state index in [1.807, 2.05) is 0 Å². The van der Waals surface area contributed by atoms with E-state index in [9.17, 15) is 50.1 Å². The van der Waals surface area contributed by atoms with E-state index in [1.54, 1.807) is 0 Å². The number of benzene rings is 2. The van der Waals surface area contributed by atoms with Gasteiger partial charge in [0.2, 0.25) is 23.8 Å². The van der Waals surface area contributed by atoms with Crippen LogP contribution in [0.15, 0.2) is 39.5 Å². The summed E-state index contributed by atoms with van der Waals surface area (Å²) >= 11 is 0.